The molecule has 0 aromatic heterocycles. The van der Waals surface area contributed by atoms with Crippen LogP contribution >= 0.6 is 11.8 Å². The Balaban J connectivity index is 1.92. The smallest absolute Gasteiger partial charge is 0.240 e. The van der Waals surface area contributed by atoms with Crippen LogP contribution in [0.4, 0.5) is 0 Å². The average Bonchev–Trinajstić information content (AvgIpc) is 3.27. The summed E-state index contributed by atoms with van der Waals surface area (Å²) in [7, 11) is -3.38. The van der Waals surface area contributed by atoms with E-state index in [1.165, 1.54) is 12.8 Å². The van der Waals surface area contributed by atoms with Crippen molar-refractivity contribution in [2.45, 2.75) is 42.5 Å². The lowest BCUT2D eigenvalue weighted by Crippen LogP contribution is -2.29. The van der Waals surface area contributed by atoms with Gasteiger partial charge in [-0.25, -0.2) is 13.1 Å². The number of hydrogen-bond acceptors (Lipinski definition) is 4. The minimum Gasteiger partial charge on any atom is -0.310 e. The molecule has 0 spiro atoms. The molecule has 0 bridgehead atoms. The van der Waals surface area contributed by atoms with E-state index in [1.54, 1.807) is 23.9 Å². The molecule has 0 radical (unpaired) electrons. The van der Waals surface area contributed by atoms with E-state index in [0.717, 1.165) is 12.1 Å². The SMILES string of the molecule is CSC(C)CNS(=O)(=O)c1ccc(CNC2CC2)cc1. The molecule has 0 aliphatic heterocycles. The third kappa shape index (κ3) is 4.77. The van der Waals surface area contributed by atoms with E-state index >= 15 is 0 Å². The summed E-state index contributed by atoms with van der Waals surface area (Å²) >= 11 is 1.64. The van der Waals surface area contributed by atoms with Gasteiger partial charge in [-0.3, -0.25) is 0 Å². The van der Waals surface area contributed by atoms with Gasteiger partial charge in [0.25, 0.3) is 0 Å². The fourth-order valence-corrected chi connectivity index (χ4v) is 3.22. The third-order valence-electron chi connectivity index (χ3n) is 3.37. The van der Waals surface area contributed by atoms with Gasteiger partial charge in [0, 0.05) is 24.4 Å². The number of hydrogen-bond donors (Lipinski definition) is 2. The number of benzene rings is 1. The number of rotatable bonds is 8. The highest BCUT2D eigenvalue weighted by Crippen LogP contribution is 2.19. The Morgan fingerprint density at radius 1 is 1.30 bits per heavy atom. The molecule has 4 nitrogen and oxygen atoms in total. The van der Waals surface area contributed by atoms with Crippen molar-refractivity contribution in [2.24, 2.45) is 0 Å². The number of thioether (sulfide) groups is 1. The minimum atomic E-state index is -3.38. The van der Waals surface area contributed by atoms with Gasteiger partial charge in [-0.1, -0.05) is 19.1 Å². The van der Waals surface area contributed by atoms with Crippen molar-refractivity contribution in [2.75, 3.05) is 12.8 Å². The van der Waals surface area contributed by atoms with Crippen molar-refractivity contribution < 1.29 is 8.42 Å². The van der Waals surface area contributed by atoms with Crippen LogP contribution in [0.1, 0.15) is 25.3 Å². The molecule has 1 unspecified atom stereocenters. The molecule has 0 heterocycles. The normalized spacial score (nSPS) is 17.1. The summed E-state index contributed by atoms with van der Waals surface area (Å²) in [4.78, 5) is 0.334. The summed E-state index contributed by atoms with van der Waals surface area (Å²) in [5, 5.41) is 3.68. The summed E-state index contributed by atoms with van der Waals surface area (Å²) in [5.41, 5.74) is 1.12. The molecule has 1 fully saturated rings. The van der Waals surface area contributed by atoms with Crippen LogP contribution in [0.15, 0.2) is 29.2 Å². The summed E-state index contributed by atoms with van der Waals surface area (Å²) in [6, 6.07) is 7.77. The molecule has 112 valence electrons. The molecule has 1 atom stereocenters. The molecule has 2 rings (SSSR count). The highest BCUT2D eigenvalue weighted by atomic mass is 32.2. The fourth-order valence-electron chi connectivity index (χ4n) is 1.73. The van der Waals surface area contributed by atoms with Gasteiger partial charge >= 0.3 is 0 Å². The van der Waals surface area contributed by atoms with E-state index < -0.39 is 10.0 Å². The monoisotopic (exact) mass is 314 g/mol. The zero-order valence-corrected chi connectivity index (χ0v) is 13.6. The largest absolute Gasteiger partial charge is 0.310 e. The standard InChI is InChI=1S/C14H22N2O2S2/c1-11(19-2)9-16-20(17,18)14-7-3-12(4-8-14)10-15-13-5-6-13/h3-4,7-8,11,13,15-16H,5-6,9-10H2,1-2H3. The Labute approximate surface area is 125 Å². The van der Waals surface area contributed by atoms with Gasteiger partial charge in [0.2, 0.25) is 10.0 Å². The second-order valence-electron chi connectivity index (χ2n) is 5.20. The first-order valence-electron chi connectivity index (χ1n) is 6.86. The summed E-state index contributed by atoms with van der Waals surface area (Å²) in [5.74, 6) is 0. The van der Waals surface area contributed by atoms with Crippen molar-refractivity contribution >= 4 is 21.8 Å². The van der Waals surface area contributed by atoms with Crippen LogP contribution in [0.3, 0.4) is 0 Å². The first-order chi connectivity index (χ1) is 9.51. The maximum absolute atomic E-state index is 12.1. The van der Waals surface area contributed by atoms with Crippen molar-refractivity contribution in [1.82, 2.24) is 10.0 Å². The van der Waals surface area contributed by atoms with Crippen molar-refractivity contribution in [1.29, 1.82) is 0 Å². The highest BCUT2D eigenvalue weighted by molar-refractivity contribution is 7.99. The highest BCUT2D eigenvalue weighted by Gasteiger charge is 2.20. The topological polar surface area (TPSA) is 58.2 Å². The molecule has 2 N–H and O–H groups in total. The lowest BCUT2D eigenvalue weighted by Gasteiger charge is -2.11. The molecule has 20 heavy (non-hydrogen) atoms. The Bertz CT molecular complexity index is 525. The van der Waals surface area contributed by atoms with E-state index in [4.69, 9.17) is 0 Å². The van der Waals surface area contributed by atoms with E-state index in [2.05, 4.69) is 10.0 Å². The molecule has 1 aliphatic rings. The van der Waals surface area contributed by atoms with Gasteiger partial charge in [-0.15, -0.1) is 0 Å². The molecular formula is C14H22N2O2S2. The predicted octanol–water partition coefficient (Wildman–Crippen LogP) is 1.97. The first-order valence-corrected chi connectivity index (χ1v) is 9.63. The van der Waals surface area contributed by atoms with E-state index in [9.17, 15) is 8.42 Å². The zero-order chi connectivity index (χ0) is 14.6. The van der Waals surface area contributed by atoms with Gasteiger partial charge < -0.3 is 5.32 Å². The summed E-state index contributed by atoms with van der Waals surface area (Å²) < 4.78 is 26.8. The second-order valence-corrected chi connectivity index (χ2v) is 8.24. The molecule has 0 saturated heterocycles. The first kappa shape index (κ1) is 15.8. The third-order valence-corrected chi connectivity index (χ3v) is 5.78. The van der Waals surface area contributed by atoms with Crippen LogP contribution in [-0.4, -0.2) is 32.5 Å². The van der Waals surface area contributed by atoms with Crippen LogP contribution in [0, 0.1) is 0 Å². The van der Waals surface area contributed by atoms with Gasteiger partial charge in [-0.05, 0) is 36.8 Å². The van der Waals surface area contributed by atoms with Crippen LogP contribution in [0.5, 0.6) is 0 Å². The van der Waals surface area contributed by atoms with Crippen LogP contribution < -0.4 is 10.0 Å². The van der Waals surface area contributed by atoms with E-state index in [-0.39, 0.29) is 5.25 Å². The van der Waals surface area contributed by atoms with Gasteiger partial charge in [0.15, 0.2) is 0 Å². The lowest BCUT2D eigenvalue weighted by atomic mass is 10.2. The lowest BCUT2D eigenvalue weighted by molar-refractivity contribution is 0.581. The Morgan fingerprint density at radius 2 is 1.95 bits per heavy atom. The quantitative estimate of drug-likeness (QED) is 0.770. The second kappa shape index (κ2) is 6.93. The molecular weight excluding hydrogens is 292 g/mol. The molecule has 0 amide bonds. The molecule has 6 heteroatoms. The van der Waals surface area contributed by atoms with Crippen LogP contribution in [0.2, 0.25) is 0 Å². The average molecular weight is 314 g/mol. The van der Waals surface area contributed by atoms with Gasteiger partial charge in [-0.2, -0.15) is 11.8 Å². The molecule has 1 aliphatic carbocycles. The Hall–Kier alpha value is -0.560. The fraction of sp³-hybridized carbons (Fsp3) is 0.571. The van der Waals surface area contributed by atoms with E-state index in [1.807, 2.05) is 25.3 Å². The predicted molar refractivity (Wildman–Crippen MR) is 84.5 cm³/mol. The summed E-state index contributed by atoms with van der Waals surface area (Å²) in [6.45, 7) is 3.26. The number of sulfonamides is 1. The maximum Gasteiger partial charge on any atom is 0.240 e. The Kier molecular flexibility index (Phi) is 5.49. The Morgan fingerprint density at radius 3 is 2.50 bits per heavy atom. The van der Waals surface area contributed by atoms with Crippen molar-refractivity contribution in [3.63, 3.8) is 0 Å². The van der Waals surface area contributed by atoms with Gasteiger partial charge in [0.1, 0.15) is 0 Å². The maximum atomic E-state index is 12.1. The summed E-state index contributed by atoms with van der Waals surface area (Å²) in [6.07, 6.45) is 4.48. The zero-order valence-electron chi connectivity index (χ0n) is 11.9. The molecule has 1 aromatic rings. The number of nitrogens with one attached hydrogen (secondary N) is 2. The van der Waals surface area contributed by atoms with E-state index in [0.29, 0.717) is 17.5 Å². The van der Waals surface area contributed by atoms with Crippen molar-refractivity contribution in [3.05, 3.63) is 29.8 Å². The van der Waals surface area contributed by atoms with Crippen LogP contribution in [-0.2, 0) is 16.6 Å². The minimum absolute atomic E-state index is 0.270. The molecule has 1 saturated carbocycles. The van der Waals surface area contributed by atoms with Crippen molar-refractivity contribution in [3.8, 4) is 0 Å². The molecule has 1 aromatic carbocycles. The van der Waals surface area contributed by atoms with Crippen LogP contribution in [0.25, 0.3) is 0 Å². The van der Waals surface area contributed by atoms with Gasteiger partial charge in [0.05, 0.1) is 4.90 Å².